The molecule has 1 heterocycles. The van der Waals surface area contributed by atoms with Crippen LogP contribution >= 0.6 is 11.3 Å². The number of aliphatic hydroxyl groups is 1. The zero-order valence-electron chi connectivity index (χ0n) is 9.28. The number of aliphatic hydroxyl groups excluding tert-OH is 1. The van der Waals surface area contributed by atoms with Crippen LogP contribution in [-0.2, 0) is 4.79 Å². The lowest BCUT2D eigenvalue weighted by molar-refractivity contribution is -0.126. The number of rotatable bonds is 3. The highest BCUT2D eigenvalue weighted by molar-refractivity contribution is 7.13. The Labute approximate surface area is 103 Å². The molecule has 1 N–H and O–H groups in total. The van der Waals surface area contributed by atoms with Gasteiger partial charge in [-0.2, -0.15) is 0 Å². The van der Waals surface area contributed by atoms with Crippen molar-refractivity contribution >= 4 is 22.4 Å². The molecule has 0 saturated carbocycles. The van der Waals surface area contributed by atoms with Gasteiger partial charge in [-0.3, -0.25) is 9.69 Å². The molecule has 0 fully saturated rings. The molecule has 1 unspecified atom stereocenters. The third kappa shape index (κ3) is 2.51. The predicted octanol–water partition coefficient (Wildman–Crippen LogP) is 1.84. The topological polar surface area (TPSA) is 53.4 Å². The number of likely N-dealkylation sites (N-methyl/N-ethyl adjacent to an activating group) is 1. The van der Waals surface area contributed by atoms with E-state index < -0.39 is 6.10 Å². The standard InChI is InChI=1S/C12H12N2O2S/c1-14(12-13-7-8-17-12)11(16)10(15)9-5-3-2-4-6-9/h2-8,10,15H,1H3. The molecule has 2 aromatic rings. The largest absolute Gasteiger partial charge is 0.378 e. The molecule has 0 radical (unpaired) electrons. The monoisotopic (exact) mass is 248 g/mol. The molecule has 0 bridgehead atoms. The molecule has 1 aromatic carbocycles. The normalized spacial score (nSPS) is 12.1. The molecule has 1 aromatic heterocycles. The number of hydrogen-bond donors (Lipinski definition) is 1. The zero-order chi connectivity index (χ0) is 12.3. The van der Waals surface area contributed by atoms with Crippen LogP contribution in [0.15, 0.2) is 41.9 Å². The van der Waals surface area contributed by atoms with Gasteiger partial charge < -0.3 is 5.11 Å². The quantitative estimate of drug-likeness (QED) is 0.901. The minimum absolute atomic E-state index is 0.383. The number of amides is 1. The van der Waals surface area contributed by atoms with Gasteiger partial charge in [0.1, 0.15) is 0 Å². The van der Waals surface area contributed by atoms with Gasteiger partial charge in [-0.1, -0.05) is 30.3 Å². The Hall–Kier alpha value is -1.72. The van der Waals surface area contributed by atoms with E-state index in [1.807, 2.05) is 6.07 Å². The van der Waals surface area contributed by atoms with Crippen LogP contribution in [0.1, 0.15) is 11.7 Å². The molecule has 4 nitrogen and oxygen atoms in total. The van der Waals surface area contributed by atoms with Gasteiger partial charge in [-0.15, -0.1) is 11.3 Å². The van der Waals surface area contributed by atoms with Crippen LogP contribution in [0.4, 0.5) is 5.13 Å². The summed E-state index contributed by atoms with van der Waals surface area (Å²) in [6.45, 7) is 0. The fourth-order valence-corrected chi connectivity index (χ4v) is 2.05. The van der Waals surface area contributed by atoms with Crippen molar-refractivity contribution < 1.29 is 9.90 Å². The van der Waals surface area contributed by atoms with E-state index in [0.717, 1.165) is 0 Å². The number of nitrogens with zero attached hydrogens (tertiary/aromatic N) is 2. The number of hydrogen-bond acceptors (Lipinski definition) is 4. The van der Waals surface area contributed by atoms with Gasteiger partial charge in [0.2, 0.25) is 0 Å². The summed E-state index contributed by atoms with van der Waals surface area (Å²) in [5.74, 6) is -0.383. The highest BCUT2D eigenvalue weighted by Gasteiger charge is 2.23. The summed E-state index contributed by atoms with van der Waals surface area (Å²) in [4.78, 5) is 17.4. The smallest absolute Gasteiger partial charge is 0.261 e. The van der Waals surface area contributed by atoms with Crippen molar-refractivity contribution in [2.24, 2.45) is 0 Å². The van der Waals surface area contributed by atoms with E-state index in [2.05, 4.69) is 4.98 Å². The molecule has 5 heteroatoms. The van der Waals surface area contributed by atoms with Crippen LogP contribution in [0, 0.1) is 0 Å². The maximum absolute atomic E-state index is 12.0. The fraction of sp³-hybridized carbons (Fsp3) is 0.167. The van der Waals surface area contributed by atoms with Crippen LogP contribution in [0.2, 0.25) is 0 Å². The number of anilines is 1. The summed E-state index contributed by atoms with van der Waals surface area (Å²) in [6, 6.07) is 8.85. The second-order valence-corrected chi connectivity index (χ2v) is 4.40. The van der Waals surface area contributed by atoms with Crippen molar-refractivity contribution in [3.05, 3.63) is 47.5 Å². The van der Waals surface area contributed by atoms with E-state index in [4.69, 9.17) is 0 Å². The van der Waals surface area contributed by atoms with Gasteiger partial charge in [0, 0.05) is 18.6 Å². The Kier molecular flexibility index (Phi) is 3.51. The number of benzene rings is 1. The van der Waals surface area contributed by atoms with Crippen LogP contribution in [0.25, 0.3) is 0 Å². The first-order valence-corrected chi connectivity index (χ1v) is 5.98. The average Bonchev–Trinajstić information content (AvgIpc) is 2.91. The summed E-state index contributed by atoms with van der Waals surface area (Å²) in [6.07, 6.45) is 0.476. The van der Waals surface area contributed by atoms with Gasteiger partial charge in [-0.05, 0) is 5.56 Å². The highest BCUT2D eigenvalue weighted by atomic mass is 32.1. The summed E-state index contributed by atoms with van der Waals surface area (Å²) in [7, 11) is 1.60. The van der Waals surface area contributed by atoms with Crippen LogP contribution < -0.4 is 4.90 Å². The number of aromatic nitrogens is 1. The number of carbonyl (C=O) groups excluding carboxylic acids is 1. The molecule has 0 aliphatic rings. The van der Waals surface area contributed by atoms with E-state index in [1.54, 1.807) is 42.9 Å². The van der Waals surface area contributed by atoms with Crippen LogP contribution in [0.5, 0.6) is 0 Å². The molecule has 0 saturated heterocycles. The van der Waals surface area contributed by atoms with Crippen molar-refractivity contribution in [2.75, 3.05) is 11.9 Å². The van der Waals surface area contributed by atoms with E-state index in [0.29, 0.717) is 10.7 Å². The van der Waals surface area contributed by atoms with Crippen LogP contribution in [0.3, 0.4) is 0 Å². The maximum atomic E-state index is 12.0. The Morgan fingerprint density at radius 3 is 2.71 bits per heavy atom. The molecule has 0 aliphatic carbocycles. The van der Waals surface area contributed by atoms with E-state index in [1.165, 1.54) is 16.2 Å². The minimum Gasteiger partial charge on any atom is -0.378 e. The van der Waals surface area contributed by atoms with Gasteiger partial charge in [-0.25, -0.2) is 4.98 Å². The number of thiazole rings is 1. The Morgan fingerprint density at radius 1 is 1.41 bits per heavy atom. The minimum atomic E-state index is -1.15. The van der Waals surface area contributed by atoms with Gasteiger partial charge in [0.15, 0.2) is 11.2 Å². The summed E-state index contributed by atoms with van der Waals surface area (Å²) in [5.41, 5.74) is 0.584. The van der Waals surface area contributed by atoms with Gasteiger partial charge in [0.25, 0.3) is 5.91 Å². The molecular weight excluding hydrogens is 236 g/mol. The van der Waals surface area contributed by atoms with Crippen molar-refractivity contribution in [3.63, 3.8) is 0 Å². The molecule has 0 spiro atoms. The van der Waals surface area contributed by atoms with E-state index in [-0.39, 0.29) is 5.91 Å². The van der Waals surface area contributed by atoms with Gasteiger partial charge >= 0.3 is 0 Å². The summed E-state index contributed by atoms with van der Waals surface area (Å²) >= 11 is 1.35. The highest BCUT2D eigenvalue weighted by Crippen LogP contribution is 2.21. The molecule has 1 amide bonds. The van der Waals surface area contributed by atoms with Crippen molar-refractivity contribution in [3.8, 4) is 0 Å². The fourth-order valence-electron chi connectivity index (χ4n) is 1.44. The molecule has 88 valence electrons. The van der Waals surface area contributed by atoms with Gasteiger partial charge in [0.05, 0.1) is 0 Å². The van der Waals surface area contributed by atoms with Crippen LogP contribution in [-0.4, -0.2) is 23.0 Å². The van der Waals surface area contributed by atoms with Crippen molar-refractivity contribution in [2.45, 2.75) is 6.10 Å². The first-order valence-electron chi connectivity index (χ1n) is 5.10. The Bertz CT molecular complexity index is 484. The maximum Gasteiger partial charge on any atom is 0.261 e. The number of carbonyl (C=O) groups is 1. The average molecular weight is 248 g/mol. The first-order chi connectivity index (χ1) is 8.20. The van der Waals surface area contributed by atoms with E-state index in [9.17, 15) is 9.90 Å². The van der Waals surface area contributed by atoms with E-state index >= 15 is 0 Å². The molecule has 0 aliphatic heterocycles. The molecule has 2 rings (SSSR count). The predicted molar refractivity (Wildman–Crippen MR) is 66.9 cm³/mol. The lowest BCUT2D eigenvalue weighted by Gasteiger charge is -2.18. The molecular formula is C12H12N2O2S. The second kappa shape index (κ2) is 5.07. The SMILES string of the molecule is CN(C(=O)C(O)c1ccccc1)c1nccs1. The molecule has 1 atom stereocenters. The Balaban J connectivity index is 2.16. The summed E-state index contributed by atoms with van der Waals surface area (Å²) in [5, 5.41) is 12.3. The lowest BCUT2D eigenvalue weighted by atomic mass is 10.1. The third-order valence-corrected chi connectivity index (χ3v) is 3.23. The lowest BCUT2D eigenvalue weighted by Crippen LogP contribution is -2.31. The Morgan fingerprint density at radius 2 is 2.12 bits per heavy atom. The van der Waals surface area contributed by atoms with Crippen molar-refractivity contribution in [1.82, 2.24) is 4.98 Å². The zero-order valence-corrected chi connectivity index (χ0v) is 10.1. The third-order valence-electron chi connectivity index (χ3n) is 2.39. The molecule has 17 heavy (non-hydrogen) atoms. The van der Waals surface area contributed by atoms with Crippen molar-refractivity contribution in [1.29, 1.82) is 0 Å². The second-order valence-electron chi connectivity index (χ2n) is 3.53. The first kappa shape index (κ1) is 11.8. The summed E-state index contributed by atoms with van der Waals surface area (Å²) < 4.78 is 0.